The third-order valence-corrected chi connectivity index (χ3v) is 10.0. The molecule has 0 unspecified atom stereocenters. The minimum Gasteiger partial charge on any atom is -0.494 e. The van der Waals surface area contributed by atoms with E-state index in [1.54, 1.807) is 30.5 Å². The fraction of sp³-hybridized carbons (Fsp3) is 0.219. The van der Waals surface area contributed by atoms with Gasteiger partial charge in [0.05, 0.1) is 52.2 Å². The summed E-state index contributed by atoms with van der Waals surface area (Å²) in [6.45, 7) is 6.50. The molecule has 0 N–H and O–H groups in total. The average Bonchev–Trinajstić information content (AvgIpc) is 3.28. The Bertz CT molecular complexity index is 1930. The predicted molar refractivity (Wildman–Crippen MR) is 191 cm³/mol. The number of hydrogen-bond donors (Lipinski definition) is 0. The van der Waals surface area contributed by atoms with Gasteiger partial charge in [0.15, 0.2) is 4.80 Å². The second kappa shape index (κ2) is 14.4. The maximum atomic E-state index is 14.0. The third kappa shape index (κ3) is 7.04. The molecule has 44 heavy (non-hydrogen) atoms. The fourth-order valence-corrected chi connectivity index (χ4v) is 8.25. The van der Waals surface area contributed by atoms with E-state index in [-0.39, 0.29) is 12.2 Å². The van der Waals surface area contributed by atoms with Crippen molar-refractivity contribution in [2.45, 2.75) is 33.4 Å². The fourth-order valence-electron chi connectivity index (χ4n) is 4.76. The van der Waals surface area contributed by atoms with Crippen LogP contribution in [0.4, 0.5) is 0 Å². The SMILES string of the molecule is CCOC(=O)C1=C(C)N=c2s/c(=C\c3cc(I)c(OCc4ccc(Cl)c(Cl)c4)c(I)c3)c(=O)n2[C@@H]1c1ccc(OCC)cc1. The van der Waals surface area contributed by atoms with Gasteiger partial charge in [-0.2, -0.15) is 0 Å². The van der Waals surface area contributed by atoms with E-state index in [9.17, 15) is 9.59 Å². The lowest BCUT2D eigenvalue weighted by Crippen LogP contribution is -2.39. The average molecular weight is 875 g/mol. The molecule has 2 heterocycles. The van der Waals surface area contributed by atoms with Crippen LogP contribution in [0.15, 0.2) is 75.7 Å². The normalized spacial score (nSPS) is 14.7. The minimum absolute atomic E-state index is 0.209. The van der Waals surface area contributed by atoms with E-state index in [0.717, 1.165) is 29.6 Å². The van der Waals surface area contributed by atoms with Gasteiger partial charge in [-0.15, -0.1) is 0 Å². The van der Waals surface area contributed by atoms with Gasteiger partial charge in [-0.1, -0.05) is 52.7 Å². The molecular weight excluding hydrogens is 849 g/mol. The number of halogens is 4. The largest absolute Gasteiger partial charge is 0.494 e. The Kier molecular flexibility index (Phi) is 10.8. The van der Waals surface area contributed by atoms with E-state index in [1.165, 1.54) is 11.3 Å². The third-order valence-electron chi connectivity index (χ3n) is 6.71. The van der Waals surface area contributed by atoms with Crippen LogP contribution in [0, 0.1) is 7.14 Å². The van der Waals surface area contributed by atoms with Crippen LogP contribution >= 0.6 is 79.7 Å². The Labute approximate surface area is 295 Å². The first-order valence-corrected chi connectivity index (χ1v) is 17.3. The minimum atomic E-state index is -0.694. The maximum Gasteiger partial charge on any atom is 0.338 e. The highest BCUT2D eigenvalue weighted by molar-refractivity contribution is 14.1. The first kappa shape index (κ1) is 33.0. The summed E-state index contributed by atoms with van der Waals surface area (Å²) in [4.78, 5) is 32.3. The Morgan fingerprint density at radius 3 is 2.34 bits per heavy atom. The summed E-state index contributed by atoms with van der Waals surface area (Å²) in [6.07, 6.45) is 1.84. The van der Waals surface area contributed by atoms with Gasteiger partial charge in [-0.05, 0) is 125 Å². The van der Waals surface area contributed by atoms with Crippen molar-refractivity contribution in [3.05, 3.63) is 119 Å². The highest BCUT2D eigenvalue weighted by atomic mass is 127. The molecule has 0 spiro atoms. The molecule has 228 valence electrons. The quantitative estimate of drug-likeness (QED) is 0.131. The second-order valence-corrected chi connectivity index (χ2v) is 13.8. The van der Waals surface area contributed by atoms with Crippen molar-refractivity contribution in [2.24, 2.45) is 4.99 Å². The van der Waals surface area contributed by atoms with E-state index in [2.05, 4.69) is 50.2 Å². The van der Waals surface area contributed by atoms with Crippen LogP contribution in [-0.2, 0) is 16.1 Å². The molecule has 7 nitrogen and oxygen atoms in total. The monoisotopic (exact) mass is 874 g/mol. The van der Waals surface area contributed by atoms with Gasteiger partial charge in [0.2, 0.25) is 0 Å². The molecule has 0 aliphatic carbocycles. The first-order chi connectivity index (χ1) is 21.1. The Morgan fingerprint density at radius 1 is 1.00 bits per heavy atom. The zero-order chi connectivity index (χ0) is 31.5. The number of aromatic nitrogens is 1. The van der Waals surface area contributed by atoms with Crippen LogP contribution in [0.5, 0.6) is 11.5 Å². The Hall–Kier alpha value is -2.39. The van der Waals surface area contributed by atoms with Gasteiger partial charge in [0.1, 0.15) is 18.1 Å². The molecule has 1 aliphatic heterocycles. The first-order valence-electron chi connectivity index (χ1n) is 13.6. The van der Waals surface area contributed by atoms with Crippen LogP contribution in [0.3, 0.4) is 0 Å². The van der Waals surface area contributed by atoms with Gasteiger partial charge < -0.3 is 14.2 Å². The standard InChI is InChI=1S/C32H26Cl2I2N2O5S/c1-4-41-21-9-7-20(8-10-21)28-27(31(40)42-5-2)17(3)37-32-38(28)30(39)26(44-32)15-19-13-24(35)29(25(36)14-19)43-16-18-6-11-22(33)23(34)12-18/h6-15,28H,4-5,16H2,1-3H3/b26-15-/t28-/m1/s1. The Balaban J connectivity index is 1.53. The number of fused-ring (bicyclic) bond motifs is 1. The van der Waals surface area contributed by atoms with Crippen LogP contribution in [0.1, 0.15) is 43.5 Å². The van der Waals surface area contributed by atoms with Gasteiger partial charge in [-0.3, -0.25) is 9.36 Å². The highest BCUT2D eigenvalue weighted by Crippen LogP contribution is 2.33. The summed E-state index contributed by atoms with van der Waals surface area (Å²) in [6, 6.07) is 16.0. The van der Waals surface area contributed by atoms with Gasteiger partial charge in [0.25, 0.3) is 5.56 Å². The van der Waals surface area contributed by atoms with Crippen molar-refractivity contribution in [3.63, 3.8) is 0 Å². The van der Waals surface area contributed by atoms with Crippen LogP contribution < -0.4 is 24.4 Å². The van der Waals surface area contributed by atoms with E-state index < -0.39 is 12.0 Å². The summed E-state index contributed by atoms with van der Waals surface area (Å²) in [5, 5.41) is 0.968. The highest BCUT2D eigenvalue weighted by Gasteiger charge is 2.33. The van der Waals surface area contributed by atoms with Gasteiger partial charge in [0, 0.05) is 0 Å². The molecule has 0 amide bonds. The zero-order valence-corrected chi connectivity index (χ0v) is 30.5. The number of hydrogen-bond acceptors (Lipinski definition) is 7. The number of rotatable bonds is 9. The number of allylic oxidation sites excluding steroid dienone is 1. The molecule has 0 saturated heterocycles. The molecule has 3 aromatic carbocycles. The number of carbonyl (C=O) groups excluding carboxylic acids is 1. The van der Waals surface area contributed by atoms with E-state index in [4.69, 9.17) is 37.4 Å². The smallest absolute Gasteiger partial charge is 0.338 e. The molecule has 4 aromatic rings. The zero-order valence-electron chi connectivity index (χ0n) is 23.8. The second-order valence-electron chi connectivity index (χ2n) is 9.66. The molecule has 0 fully saturated rings. The summed E-state index contributed by atoms with van der Waals surface area (Å²) >= 11 is 17.9. The molecule has 1 aromatic heterocycles. The molecule has 5 rings (SSSR count). The Morgan fingerprint density at radius 2 is 1.70 bits per heavy atom. The van der Waals surface area contributed by atoms with E-state index >= 15 is 0 Å². The van der Waals surface area contributed by atoms with E-state index in [1.807, 2.05) is 55.5 Å². The van der Waals surface area contributed by atoms with E-state index in [0.29, 0.717) is 49.6 Å². The molecule has 1 atom stereocenters. The van der Waals surface area contributed by atoms with Crippen molar-refractivity contribution in [1.29, 1.82) is 0 Å². The summed E-state index contributed by atoms with van der Waals surface area (Å²) < 4.78 is 21.0. The lowest BCUT2D eigenvalue weighted by Gasteiger charge is -2.24. The number of carbonyl (C=O) groups is 1. The number of benzene rings is 3. The van der Waals surface area contributed by atoms with Crippen LogP contribution in [0.2, 0.25) is 10.0 Å². The van der Waals surface area contributed by atoms with Crippen molar-refractivity contribution in [1.82, 2.24) is 4.57 Å². The van der Waals surface area contributed by atoms with Gasteiger partial charge in [-0.25, -0.2) is 9.79 Å². The molecule has 12 heteroatoms. The summed E-state index contributed by atoms with van der Waals surface area (Å²) in [5.41, 5.74) is 3.10. The van der Waals surface area contributed by atoms with Crippen molar-refractivity contribution < 1.29 is 19.0 Å². The van der Waals surface area contributed by atoms with Gasteiger partial charge >= 0.3 is 5.97 Å². The lowest BCUT2D eigenvalue weighted by atomic mass is 9.96. The number of ether oxygens (including phenoxy) is 3. The maximum absolute atomic E-state index is 14.0. The van der Waals surface area contributed by atoms with Crippen LogP contribution in [-0.4, -0.2) is 23.8 Å². The topological polar surface area (TPSA) is 79.1 Å². The number of thiazole rings is 1. The molecule has 0 bridgehead atoms. The predicted octanol–water partition coefficient (Wildman–Crippen LogP) is 7.29. The summed E-state index contributed by atoms with van der Waals surface area (Å²) in [7, 11) is 0. The molecule has 0 saturated carbocycles. The lowest BCUT2D eigenvalue weighted by molar-refractivity contribution is -0.139. The van der Waals surface area contributed by atoms with Crippen molar-refractivity contribution in [3.8, 4) is 11.5 Å². The molecular formula is C32H26Cl2I2N2O5S. The number of esters is 1. The van der Waals surface area contributed by atoms with Crippen LogP contribution in [0.25, 0.3) is 6.08 Å². The number of nitrogens with zero attached hydrogens (tertiary/aromatic N) is 2. The van der Waals surface area contributed by atoms with Crippen molar-refractivity contribution >= 4 is 91.8 Å². The molecule has 1 aliphatic rings. The van der Waals surface area contributed by atoms with Crippen molar-refractivity contribution in [2.75, 3.05) is 13.2 Å². The molecule has 0 radical (unpaired) electrons. The summed E-state index contributed by atoms with van der Waals surface area (Å²) in [5.74, 6) is 0.944.